The smallest absolute Gasteiger partial charge is 0.488 e. The molecule has 0 saturated carbocycles. The lowest BCUT2D eigenvalue weighted by Crippen LogP contribution is -2.29. The van der Waals surface area contributed by atoms with Crippen LogP contribution >= 0.6 is 0 Å². The normalized spacial score (nSPS) is 10.4. The third-order valence-electron chi connectivity index (χ3n) is 2.62. The second-order valence-corrected chi connectivity index (χ2v) is 4.21. The Morgan fingerprint density at radius 3 is 2.56 bits per heavy atom. The highest BCUT2D eigenvalue weighted by Crippen LogP contribution is 2.15. The summed E-state index contributed by atoms with van der Waals surface area (Å²) in [4.78, 5) is 0. The zero-order chi connectivity index (χ0) is 13.4. The number of unbranched alkanes of at least 4 members (excludes halogenated alkanes) is 1. The summed E-state index contributed by atoms with van der Waals surface area (Å²) < 4.78 is 11.0. The van der Waals surface area contributed by atoms with Gasteiger partial charge in [-0.05, 0) is 30.4 Å². The molecule has 1 aromatic rings. The third kappa shape index (κ3) is 5.08. The molecule has 0 fully saturated rings. The van der Waals surface area contributed by atoms with Crippen LogP contribution in [0.2, 0.25) is 0 Å². The van der Waals surface area contributed by atoms with E-state index < -0.39 is 7.12 Å². The zero-order valence-corrected chi connectivity index (χ0v) is 11.1. The molecule has 1 aromatic carbocycles. The third-order valence-corrected chi connectivity index (χ3v) is 2.62. The van der Waals surface area contributed by atoms with Crippen molar-refractivity contribution in [3.8, 4) is 5.75 Å². The van der Waals surface area contributed by atoms with Gasteiger partial charge in [0.2, 0.25) is 0 Å². The molecular formula is C13H21BO4. The van der Waals surface area contributed by atoms with Crippen molar-refractivity contribution in [3.63, 3.8) is 0 Å². The zero-order valence-electron chi connectivity index (χ0n) is 11.1. The van der Waals surface area contributed by atoms with Crippen molar-refractivity contribution in [2.24, 2.45) is 0 Å². The predicted octanol–water partition coefficient (Wildman–Crippen LogP) is 0.870. The average molecular weight is 252 g/mol. The maximum absolute atomic E-state index is 9.03. The van der Waals surface area contributed by atoms with Gasteiger partial charge in [0.15, 0.2) is 0 Å². The van der Waals surface area contributed by atoms with Gasteiger partial charge < -0.3 is 19.5 Å². The lowest BCUT2D eigenvalue weighted by atomic mass is 9.79. The fourth-order valence-corrected chi connectivity index (χ4v) is 1.55. The number of aryl methyl sites for hydroxylation is 1. The van der Waals surface area contributed by atoms with Crippen LogP contribution in [-0.4, -0.2) is 37.0 Å². The van der Waals surface area contributed by atoms with Crippen LogP contribution in [0.15, 0.2) is 18.2 Å². The van der Waals surface area contributed by atoms with Gasteiger partial charge >= 0.3 is 7.12 Å². The van der Waals surface area contributed by atoms with E-state index in [-0.39, 0.29) is 0 Å². The maximum Gasteiger partial charge on any atom is 0.488 e. The number of rotatable bonds is 8. The van der Waals surface area contributed by atoms with Crippen LogP contribution in [-0.2, 0) is 4.74 Å². The van der Waals surface area contributed by atoms with Crippen LogP contribution in [0.4, 0.5) is 0 Å². The molecule has 0 spiro atoms. The van der Waals surface area contributed by atoms with Gasteiger partial charge in [-0.1, -0.05) is 25.5 Å². The molecule has 0 atom stereocenters. The number of benzene rings is 1. The van der Waals surface area contributed by atoms with Crippen molar-refractivity contribution >= 4 is 12.6 Å². The van der Waals surface area contributed by atoms with Crippen molar-refractivity contribution in [3.05, 3.63) is 23.8 Å². The first kappa shape index (κ1) is 15.0. The summed E-state index contributed by atoms with van der Waals surface area (Å²) >= 11 is 0. The van der Waals surface area contributed by atoms with Gasteiger partial charge in [0, 0.05) is 6.61 Å². The van der Waals surface area contributed by atoms with Gasteiger partial charge in [-0.25, -0.2) is 0 Å². The quantitative estimate of drug-likeness (QED) is 0.532. The first-order chi connectivity index (χ1) is 8.65. The van der Waals surface area contributed by atoms with Crippen LogP contribution in [0, 0.1) is 6.92 Å². The van der Waals surface area contributed by atoms with Crippen LogP contribution in [0.25, 0.3) is 0 Å². The summed E-state index contributed by atoms with van der Waals surface area (Å²) in [6.07, 6.45) is 2.20. The minimum Gasteiger partial charge on any atom is -0.491 e. The van der Waals surface area contributed by atoms with E-state index in [1.165, 1.54) is 0 Å². The second-order valence-electron chi connectivity index (χ2n) is 4.21. The van der Waals surface area contributed by atoms with Gasteiger partial charge in [0.25, 0.3) is 0 Å². The van der Waals surface area contributed by atoms with Gasteiger partial charge in [-0.2, -0.15) is 0 Å². The summed E-state index contributed by atoms with van der Waals surface area (Å²) in [5.74, 6) is 0.749. The molecule has 0 radical (unpaired) electrons. The fraction of sp³-hybridized carbons (Fsp3) is 0.538. The second kappa shape index (κ2) is 8.13. The largest absolute Gasteiger partial charge is 0.491 e. The van der Waals surface area contributed by atoms with Crippen LogP contribution in [0.1, 0.15) is 25.3 Å². The summed E-state index contributed by atoms with van der Waals surface area (Å²) in [5.41, 5.74) is 1.35. The van der Waals surface area contributed by atoms with Crippen molar-refractivity contribution in [2.45, 2.75) is 26.7 Å². The molecule has 4 nitrogen and oxygen atoms in total. The summed E-state index contributed by atoms with van der Waals surface area (Å²) in [5, 5.41) is 18.1. The molecular weight excluding hydrogens is 231 g/mol. The minimum absolute atomic E-state index is 0.471. The topological polar surface area (TPSA) is 58.9 Å². The molecule has 0 aliphatic rings. The molecule has 0 aliphatic heterocycles. The molecule has 100 valence electrons. The van der Waals surface area contributed by atoms with E-state index in [0.717, 1.165) is 30.8 Å². The molecule has 0 heterocycles. The Morgan fingerprint density at radius 2 is 1.94 bits per heavy atom. The molecule has 5 heteroatoms. The van der Waals surface area contributed by atoms with E-state index >= 15 is 0 Å². The SMILES string of the molecule is CCCCOCCOc1ccc(B(O)O)cc1C. The first-order valence-electron chi connectivity index (χ1n) is 6.32. The maximum atomic E-state index is 9.03. The number of hydrogen-bond acceptors (Lipinski definition) is 4. The van der Waals surface area contributed by atoms with Gasteiger partial charge in [-0.15, -0.1) is 0 Å². The van der Waals surface area contributed by atoms with Crippen LogP contribution in [0.3, 0.4) is 0 Å². The molecule has 18 heavy (non-hydrogen) atoms. The highest BCUT2D eigenvalue weighted by molar-refractivity contribution is 6.58. The Balaban J connectivity index is 2.34. The fourth-order valence-electron chi connectivity index (χ4n) is 1.55. The Morgan fingerprint density at radius 1 is 1.17 bits per heavy atom. The summed E-state index contributed by atoms with van der Waals surface area (Å²) in [7, 11) is -1.44. The monoisotopic (exact) mass is 252 g/mol. The highest BCUT2D eigenvalue weighted by atomic mass is 16.5. The number of ether oxygens (including phenoxy) is 2. The highest BCUT2D eigenvalue weighted by Gasteiger charge is 2.12. The van der Waals surface area contributed by atoms with Crippen LogP contribution in [0.5, 0.6) is 5.75 Å². The van der Waals surface area contributed by atoms with Crippen molar-refractivity contribution in [2.75, 3.05) is 19.8 Å². The molecule has 0 amide bonds. The van der Waals surface area contributed by atoms with Crippen molar-refractivity contribution < 1.29 is 19.5 Å². The molecule has 0 bridgehead atoms. The Kier molecular flexibility index (Phi) is 6.79. The van der Waals surface area contributed by atoms with E-state index in [9.17, 15) is 0 Å². The van der Waals surface area contributed by atoms with E-state index in [1.807, 2.05) is 6.92 Å². The molecule has 1 rings (SSSR count). The molecule has 0 saturated heterocycles. The van der Waals surface area contributed by atoms with E-state index in [0.29, 0.717) is 18.7 Å². The summed E-state index contributed by atoms with van der Waals surface area (Å²) in [6.45, 7) is 5.85. The van der Waals surface area contributed by atoms with Crippen LogP contribution < -0.4 is 10.2 Å². The standard InChI is InChI=1S/C13H21BO4/c1-3-4-7-17-8-9-18-13-6-5-12(14(15)16)10-11(13)2/h5-6,10,15-16H,3-4,7-9H2,1-2H3. The van der Waals surface area contributed by atoms with Gasteiger partial charge in [-0.3, -0.25) is 0 Å². The first-order valence-corrected chi connectivity index (χ1v) is 6.32. The minimum atomic E-state index is -1.44. The molecule has 0 aliphatic carbocycles. The van der Waals surface area contributed by atoms with E-state index in [2.05, 4.69) is 6.92 Å². The van der Waals surface area contributed by atoms with Crippen molar-refractivity contribution in [1.82, 2.24) is 0 Å². The van der Waals surface area contributed by atoms with E-state index in [4.69, 9.17) is 19.5 Å². The molecule has 0 aromatic heterocycles. The lowest BCUT2D eigenvalue weighted by molar-refractivity contribution is 0.0978. The number of hydrogen-bond donors (Lipinski definition) is 2. The Labute approximate surface area is 109 Å². The average Bonchev–Trinajstić information content (AvgIpc) is 2.35. The summed E-state index contributed by atoms with van der Waals surface area (Å²) in [6, 6.07) is 5.10. The van der Waals surface area contributed by atoms with E-state index in [1.54, 1.807) is 18.2 Å². The van der Waals surface area contributed by atoms with Crippen molar-refractivity contribution in [1.29, 1.82) is 0 Å². The van der Waals surface area contributed by atoms with Gasteiger partial charge in [0.1, 0.15) is 12.4 Å². The lowest BCUT2D eigenvalue weighted by Gasteiger charge is -2.10. The van der Waals surface area contributed by atoms with Gasteiger partial charge in [0.05, 0.1) is 6.61 Å². The Hall–Kier alpha value is -1.04. The Bertz CT molecular complexity index is 355. The predicted molar refractivity (Wildman–Crippen MR) is 72.2 cm³/mol. The molecule has 2 N–H and O–H groups in total. The molecule has 0 unspecified atom stereocenters.